The van der Waals surface area contributed by atoms with Gasteiger partial charge < -0.3 is 9.73 Å². The second-order valence-corrected chi connectivity index (χ2v) is 5.67. The molecule has 0 aliphatic carbocycles. The SMILES string of the molecule is Cc1ccoc1C(=O)Nc1cc(F)cc(S(N)(=O)=O)c1. The number of primary sulfonamides is 1. The van der Waals surface area contributed by atoms with Crippen LogP contribution in [0.2, 0.25) is 0 Å². The average molecular weight is 298 g/mol. The fraction of sp³-hybridized carbons (Fsp3) is 0.0833. The summed E-state index contributed by atoms with van der Waals surface area (Å²) in [5.74, 6) is -1.38. The van der Waals surface area contributed by atoms with Crippen molar-refractivity contribution in [2.45, 2.75) is 11.8 Å². The van der Waals surface area contributed by atoms with Gasteiger partial charge in [0.2, 0.25) is 10.0 Å². The third-order valence-electron chi connectivity index (χ3n) is 2.53. The summed E-state index contributed by atoms with van der Waals surface area (Å²) in [7, 11) is -4.06. The van der Waals surface area contributed by atoms with Crippen molar-refractivity contribution in [1.29, 1.82) is 0 Å². The lowest BCUT2D eigenvalue weighted by Crippen LogP contribution is -2.15. The molecule has 0 saturated carbocycles. The summed E-state index contributed by atoms with van der Waals surface area (Å²) >= 11 is 0. The van der Waals surface area contributed by atoms with Crippen molar-refractivity contribution in [1.82, 2.24) is 0 Å². The van der Waals surface area contributed by atoms with Crippen molar-refractivity contribution in [2.24, 2.45) is 5.14 Å². The molecule has 2 rings (SSSR count). The maximum atomic E-state index is 13.3. The smallest absolute Gasteiger partial charge is 0.291 e. The molecule has 106 valence electrons. The van der Waals surface area contributed by atoms with Gasteiger partial charge in [0, 0.05) is 11.3 Å². The summed E-state index contributed by atoms with van der Waals surface area (Å²) in [4.78, 5) is 11.4. The van der Waals surface area contributed by atoms with Gasteiger partial charge >= 0.3 is 0 Å². The molecule has 3 N–H and O–H groups in total. The van der Waals surface area contributed by atoms with Crippen LogP contribution in [0, 0.1) is 12.7 Å². The minimum Gasteiger partial charge on any atom is -0.459 e. The lowest BCUT2D eigenvalue weighted by atomic mass is 10.2. The van der Waals surface area contributed by atoms with Crippen LogP contribution in [0.4, 0.5) is 10.1 Å². The van der Waals surface area contributed by atoms with Gasteiger partial charge in [-0.2, -0.15) is 0 Å². The van der Waals surface area contributed by atoms with Crippen molar-refractivity contribution >= 4 is 21.6 Å². The molecular weight excluding hydrogens is 287 g/mol. The molecule has 1 amide bonds. The molecule has 20 heavy (non-hydrogen) atoms. The molecule has 0 spiro atoms. The van der Waals surface area contributed by atoms with E-state index in [0.29, 0.717) is 5.56 Å². The molecule has 0 aliphatic heterocycles. The van der Waals surface area contributed by atoms with Crippen molar-refractivity contribution in [2.75, 3.05) is 5.32 Å². The molecule has 0 radical (unpaired) electrons. The van der Waals surface area contributed by atoms with Crippen LogP contribution in [-0.4, -0.2) is 14.3 Å². The predicted molar refractivity (Wildman–Crippen MR) is 69.2 cm³/mol. The Morgan fingerprint density at radius 3 is 2.60 bits per heavy atom. The van der Waals surface area contributed by atoms with Crippen LogP contribution in [0.3, 0.4) is 0 Å². The number of hydrogen-bond donors (Lipinski definition) is 2. The van der Waals surface area contributed by atoms with Crippen molar-refractivity contribution < 1.29 is 22.0 Å². The van der Waals surface area contributed by atoms with E-state index in [-0.39, 0.29) is 11.4 Å². The number of anilines is 1. The Hall–Kier alpha value is -2.19. The Bertz CT molecular complexity index is 768. The maximum Gasteiger partial charge on any atom is 0.291 e. The highest BCUT2D eigenvalue weighted by atomic mass is 32.2. The molecule has 0 unspecified atom stereocenters. The molecule has 1 heterocycles. The van der Waals surface area contributed by atoms with E-state index >= 15 is 0 Å². The highest BCUT2D eigenvalue weighted by Gasteiger charge is 2.16. The highest BCUT2D eigenvalue weighted by molar-refractivity contribution is 7.89. The maximum absolute atomic E-state index is 13.3. The van der Waals surface area contributed by atoms with E-state index in [1.807, 2.05) is 0 Å². The van der Waals surface area contributed by atoms with Gasteiger partial charge in [-0.3, -0.25) is 4.79 Å². The number of sulfonamides is 1. The van der Waals surface area contributed by atoms with Gasteiger partial charge in [-0.1, -0.05) is 0 Å². The molecule has 1 aromatic heterocycles. The Labute approximate surface area is 114 Å². The number of hydrogen-bond acceptors (Lipinski definition) is 4. The Balaban J connectivity index is 2.33. The predicted octanol–water partition coefficient (Wildman–Crippen LogP) is 1.63. The normalized spacial score (nSPS) is 11.3. The van der Waals surface area contributed by atoms with Gasteiger partial charge in [-0.05, 0) is 31.2 Å². The van der Waals surface area contributed by atoms with E-state index in [0.717, 1.165) is 18.2 Å². The van der Waals surface area contributed by atoms with Crippen LogP contribution in [-0.2, 0) is 10.0 Å². The lowest BCUT2D eigenvalue weighted by Gasteiger charge is -2.06. The number of amides is 1. The molecule has 0 atom stereocenters. The molecule has 0 aliphatic rings. The monoisotopic (exact) mass is 298 g/mol. The summed E-state index contributed by atoms with van der Waals surface area (Å²) in [6, 6.07) is 4.40. The highest BCUT2D eigenvalue weighted by Crippen LogP contribution is 2.19. The molecule has 1 aromatic carbocycles. The molecule has 2 aromatic rings. The number of carbonyl (C=O) groups excluding carboxylic acids is 1. The van der Waals surface area contributed by atoms with Gasteiger partial charge in [0.15, 0.2) is 5.76 Å². The molecule has 0 saturated heterocycles. The molecule has 8 heteroatoms. The van der Waals surface area contributed by atoms with E-state index in [1.165, 1.54) is 6.26 Å². The summed E-state index contributed by atoms with van der Waals surface area (Å²) in [6.07, 6.45) is 1.34. The van der Waals surface area contributed by atoms with Crippen LogP contribution in [0.1, 0.15) is 16.1 Å². The summed E-state index contributed by atoms with van der Waals surface area (Å²) < 4.78 is 40.7. The summed E-state index contributed by atoms with van der Waals surface area (Å²) in [6.45, 7) is 1.67. The van der Waals surface area contributed by atoms with E-state index in [1.54, 1.807) is 13.0 Å². The second kappa shape index (κ2) is 5.06. The van der Waals surface area contributed by atoms with E-state index in [9.17, 15) is 17.6 Å². The number of rotatable bonds is 3. The number of benzene rings is 1. The van der Waals surface area contributed by atoms with Gasteiger partial charge in [-0.25, -0.2) is 17.9 Å². The van der Waals surface area contributed by atoms with Crippen LogP contribution >= 0.6 is 0 Å². The zero-order chi connectivity index (χ0) is 14.9. The zero-order valence-electron chi connectivity index (χ0n) is 10.4. The van der Waals surface area contributed by atoms with Crippen LogP contribution in [0.5, 0.6) is 0 Å². The fourth-order valence-corrected chi connectivity index (χ4v) is 2.16. The van der Waals surface area contributed by atoms with Gasteiger partial charge in [-0.15, -0.1) is 0 Å². The Kier molecular flexibility index (Phi) is 3.60. The quantitative estimate of drug-likeness (QED) is 0.898. The third-order valence-corrected chi connectivity index (χ3v) is 3.42. The molecular formula is C12H11FN2O4S. The van der Waals surface area contributed by atoms with Gasteiger partial charge in [0.1, 0.15) is 5.82 Å². The number of nitrogens with one attached hydrogen (secondary N) is 1. The number of aryl methyl sites for hydroxylation is 1. The molecule has 0 fully saturated rings. The topological polar surface area (TPSA) is 102 Å². The summed E-state index contributed by atoms with van der Waals surface area (Å²) in [5.41, 5.74) is 0.570. The van der Waals surface area contributed by atoms with E-state index in [2.05, 4.69) is 5.32 Å². The Morgan fingerprint density at radius 2 is 2.05 bits per heavy atom. The number of furan rings is 1. The first-order valence-corrected chi connectivity index (χ1v) is 7.01. The first-order valence-electron chi connectivity index (χ1n) is 5.46. The standard InChI is InChI=1S/C12H11FN2O4S/c1-7-2-3-19-11(7)12(16)15-9-4-8(13)5-10(6-9)20(14,17)18/h2-6H,1H3,(H,15,16)(H2,14,17,18). The average Bonchev–Trinajstić information content (AvgIpc) is 2.73. The van der Waals surface area contributed by atoms with Crippen LogP contribution in [0.25, 0.3) is 0 Å². The fourth-order valence-electron chi connectivity index (χ4n) is 1.59. The number of carbonyl (C=O) groups is 1. The van der Waals surface area contributed by atoms with Gasteiger partial charge in [0.05, 0.1) is 11.2 Å². The van der Waals surface area contributed by atoms with E-state index in [4.69, 9.17) is 9.56 Å². The van der Waals surface area contributed by atoms with Crippen LogP contribution < -0.4 is 10.5 Å². The summed E-state index contributed by atoms with van der Waals surface area (Å²) in [5, 5.41) is 7.26. The first-order chi connectivity index (χ1) is 9.27. The third kappa shape index (κ3) is 3.03. The largest absolute Gasteiger partial charge is 0.459 e. The second-order valence-electron chi connectivity index (χ2n) is 4.11. The molecule has 0 bridgehead atoms. The van der Waals surface area contributed by atoms with Crippen LogP contribution in [0.15, 0.2) is 39.8 Å². The minimum atomic E-state index is -4.06. The lowest BCUT2D eigenvalue weighted by molar-refractivity contribution is 0.0996. The van der Waals surface area contributed by atoms with Crippen molar-refractivity contribution in [3.05, 3.63) is 47.7 Å². The van der Waals surface area contributed by atoms with Gasteiger partial charge in [0.25, 0.3) is 5.91 Å². The van der Waals surface area contributed by atoms with Crippen molar-refractivity contribution in [3.63, 3.8) is 0 Å². The van der Waals surface area contributed by atoms with E-state index < -0.39 is 26.6 Å². The number of halogens is 1. The first kappa shape index (κ1) is 14.2. The zero-order valence-corrected chi connectivity index (χ0v) is 11.2. The Morgan fingerprint density at radius 1 is 1.35 bits per heavy atom. The number of nitrogens with two attached hydrogens (primary N) is 1. The van der Waals surface area contributed by atoms with Crippen molar-refractivity contribution in [3.8, 4) is 0 Å². The molecule has 6 nitrogen and oxygen atoms in total. The minimum absolute atomic E-state index is 0.0326.